The summed E-state index contributed by atoms with van der Waals surface area (Å²) in [5.41, 5.74) is -0.00501. The predicted octanol–water partition coefficient (Wildman–Crippen LogP) is 1.88. The summed E-state index contributed by atoms with van der Waals surface area (Å²) in [6.07, 6.45) is -2.34. The van der Waals surface area contributed by atoms with E-state index >= 15 is 0 Å². The Labute approximate surface area is 185 Å². The standard InChI is InChI=1S/C22H18O11/c23-10-5-12(24)11-7-17(29)20(32-18(11)6-10)8-1-15(27)21(16(28)2-8)33-22(31)9-3-13(25)19(30)14(26)4-9/h1-6,17,20,23-30H,7H2. The highest BCUT2D eigenvalue weighted by Gasteiger charge is 2.33. The summed E-state index contributed by atoms with van der Waals surface area (Å²) in [5, 5.41) is 79.2. The normalized spacial score (nSPS) is 17.1. The molecule has 3 aromatic rings. The van der Waals surface area contributed by atoms with Crippen LogP contribution >= 0.6 is 0 Å². The fraction of sp³-hybridized carbons (Fsp3) is 0.136. The largest absolute Gasteiger partial charge is 0.508 e. The van der Waals surface area contributed by atoms with E-state index in [9.17, 15) is 45.6 Å². The van der Waals surface area contributed by atoms with Crippen molar-refractivity contribution in [3.8, 4) is 51.7 Å². The van der Waals surface area contributed by atoms with E-state index in [1.807, 2.05) is 0 Å². The molecule has 11 nitrogen and oxygen atoms in total. The third kappa shape index (κ3) is 3.92. The van der Waals surface area contributed by atoms with Gasteiger partial charge in [0, 0.05) is 29.7 Å². The van der Waals surface area contributed by atoms with Gasteiger partial charge in [-0.15, -0.1) is 0 Å². The van der Waals surface area contributed by atoms with E-state index in [0.29, 0.717) is 0 Å². The van der Waals surface area contributed by atoms with Crippen LogP contribution in [0.25, 0.3) is 0 Å². The summed E-state index contributed by atoms with van der Waals surface area (Å²) < 4.78 is 10.6. The Balaban J connectivity index is 1.62. The monoisotopic (exact) mass is 458 g/mol. The molecule has 8 N–H and O–H groups in total. The van der Waals surface area contributed by atoms with Gasteiger partial charge in [-0.1, -0.05) is 0 Å². The zero-order valence-corrected chi connectivity index (χ0v) is 16.6. The van der Waals surface area contributed by atoms with Crippen molar-refractivity contribution in [1.29, 1.82) is 0 Å². The van der Waals surface area contributed by atoms with Crippen molar-refractivity contribution in [2.24, 2.45) is 0 Å². The molecule has 2 unspecified atom stereocenters. The van der Waals surface area contributed by atoms with Gasteiger partial charge in [-0.05, 0) is 24.3 Å². The Morgan fingerprint density at radius 2 is 1.42 bits per heavy atom. The number of fused-ring (bicyclic) bond motifs is 1. The number of hydrogen-bond donors (Lipinski definition) is 8. The van der Waals surface area contributed by atoms with Gasteiger partial charge in [0.05, 0.1) is 11.7 Å². The van der Waals surface area contributed by atoms with Gasteiger partial charge in [0.2, 0.25) is 5.75 Å². The molecular formula is C22H18O11. The number of aliphatic hydroxyl groups excluding tert-OH is 1. The fourth-order valence-electron chi connectivity index (χ4n) is 3.51. The second kappa shape index (κ2) is 7.88. The summed E-state index contributed by atoms with van der Waals surface area (Å²) in [7, 11) is 0. The average Bonchev–Trinajstić information content (AvgIpc) is 2.74. The Morgan fingerprint density at radius 3 is 2.03 bits per heavy atom. The lowest BCUT2D eigenvalue weighted by molar-refractivity contribution is 0.0195. The fourth-order valence-corrected chi connectivity index (χ4v) is 3.51. The van der Waals surface area contributed by atoms with Crippen LogP contribution in [0.2, 0.25) is 0 Å². The van der Waals surface area contributed by atoms with Crippen molar-refractivity contribution >= 4 is 5.97 Å². The predicted molar refractivity (Wildman–Crippen MR) is 109 cm³/mol. The average molecular weight is 458 g/mol. The zero-order chi connectivity index (χ0) is 24.0. The summed E-state index contributed by atoms with van der Waals surface area (Å²) in [5.74, 6) is -6.03. The minimum absolute atomic E-state index is 0.0434. The molecule has 0 bridgehead atoms. The second-order valence-corrected chi connectivity index (χ2v) is 7.39. The minimum atomic E-state index is -1.19. The molecule has 0 saturated carbocycles. The van der Waals surface area contributed by atoms with Crippen molar-refractivity contribution < 1.29 is 55.1 Å². The maximum Gasteiger partial charge on any atom is 0.344 e. The quantitative estimate of drug-likeness (QED) is 0.162. The van der Waals surface area contributed by atoms with Crippen LogP contribution in [-0.2, 0) is 6.42 Å². The van der Waals surface area contributed by atoms with Crippen molar-refractivity contribution in [2.75, 3.05) is 0 Å². The van der Waals surface area contributed by atoms with Crippen LogP contribution < -0.4 is 9.47 Å². The molecule has 0 aromatic heterocycles. The number of carbonyl (C=O) groups is 1. The van der Waals surface area contributed by atoms with Crippen LogP contribution in [0.3, 0.4) is 0 Å². The molecule has 2 atom stereocenters. The number of phenolic OH excluding ortho intramolecular Hbond substituents is 7. The molecule has 4 rings (SSSR count). The van der Waals surface area contributed by atoms with Crippen LogP contribution in [0.4, 0.5) is 0 Å². The molecule has 1 aliphatic heterocycles. The van der Waals surface area contributed by atoms with Gasteiger partial charge in [-0.2, -0.15) is 0 Å². The number of phenols is 7. The summed E-state index contributed by atoms with van der Waals surface area (Å²) in [4.78, 5) is 12.3. The number of hydrogen-bond acceptors (Lipinski definition) is 11. The van der Waals surface area contributed by atoms with Gasteiger partial charge < -0.3 is 50.3 Å². The van der Waals surface area contributed by atoms with Crippen LogP contribution in [0.5, 0.6) is 51.7 Å². The van der Waals surface area contributed by atoms with Crippen molar-refractivity contribution in [3.63, 3.8) is 0 Å². The molecule has 1 aliphatic rings. The first-order valence-corrected chi connectivity index (χ1v) is 9.47. The molecular weight excluding hydrogens is 440 g/mol. The number of aliphatic hydroxyl groups is 1. The SMILES string of the molecule is O=C(Oc1c(O)cc(C2Oc3cc(O)cc(O)c3CC2O)cc1O)c1cc(O)c(O)c(O)c1. The Bertz CT molecular complexity index is 1220. The molecule has 3 aromatic carbocycles. The molecule has 11 heteroatoms. The zero-order valence-electron chi connectivity index (χ0n) is 16.6. The van der Waals surface area contributed by atoms with E-state index < -0.39 is 52.7 Å². The van der Waals surface area contributed by atoms with Gasteiger partial charge in [-0.3, -0.25) is 0 Å². The van der Waals surface area contributed by atoms with Crippen LogP contribution in [-0.4, -0.2) is 52.9 Å². The lowest BCUT2D eigenvalue weighted by Gasteiger charge is -2.31. The highest BCUT2D eigenvalue weighted by Crippen LogP contribution is 2.45. The Kier molecular flexibility index (Phi) is 5.18. The molecule has 0 aliphatic carbocycles. The van der Waals surface area contributed by atoms with E-state index in [2.05, 4.69) is 0 Å². The summed E-state index contributed by atoms with van der Waals surface area (Å²) >= 11 is 0. The number of ether oxygens (including phenoxy) is 2. The first-order valence-electron chi connectivity index (χ1n) is 9.47. The maximum atomic E-state index is 12.3. The third-order valence-electron chi connectivity index (χ3n) is 5.09. The van der Waals surface area contributed by atoms with Gasteiger partial charge in [0.1, 0.15) is 17.2 Å². The number of esters is 1. The van der Waals surface area contributed by atoms with Gasteiger partial charge in [0.15, 0.2) is 34.9 Å². The molecule has 0 fully saturated rings. The van der Waals surface area contributed by atoms with Crippen LogP contribution in [0, 0.1) is 0 Å². The Hall–Kier alpha value is -4.51. The summed E-state index contributed by atoms with van der Waals surface area (Å²) in [6, 6.07) is 6.13. The number of rotatable bonds is 3. The van der Waals surface area contributed by atoms with Crippen LogP contribution in [0.1, 0.15) is 27.6 Å². The molecule has 0 radical (unpaired) electrons. The Morgan fingerprint density at radius 1 is 0.818 bits per heavy atom. The lowest BCUT2D eigenvalue weighted by Crippen LogP contribution is -2.30. The molecule has 0 amide bonds. The van der Waals surface area contributed by atoms with Crippen molar-refractivity contribution in [2.45, 2.75) is 18.6 Å². The van der Waals surface area contributed by atoms with E-state index in [1.165, 1.54) is 6.07 Å². The van der Waals surface area contributed by atoms with Gasteiger partial charge >= 0.3 is 5.97 Å². The maximum absolute atomic E-state index is 12.3. The first-order chi connectivity index (χ1) is 15.5. The van der Waals surface area contributed by atoms with Gasteiger partial charge in [0.25, 0.3) is 0 Å². The smallest absolute Gasteiger partial charge is 0.344 e. The topological polar surface area (TPSA) is 197 Å². The highest BCUT2D eigenvalue weighted by atomic mass is 16.5. The second-order valence-electron chi connectivity index (χ2n) is 7.39. The van der Waals surface area contributed by atoms with E-state index in [0.717, 1.165) is 30.3 Å². The number of aromatic hydroxyl groups is 7. The molecule has 0 saturated heterocycles. The molecule has 0 spiro atoms. The lowest BCUT2D eigenvalue weighted by atomic mass is 9.93. The molecule has 172 valence electrons. The summed E-state index contributed by atoms with van der Waals surface area (Å²) in [6.45, 7) is 0. The van der Waals surface area contributed by atoms with E-state index in [4.69, 9.17) is 9.47 Å². The van der Waals surface area contributed by atoms with E-state index in [-0.39, 0.29) is 40.4 Å². The molecule has 33 heavy (non-hydrogen) atoms. The minimum Gasteiger partial charge on any atom is -0.508 e. The highest BCUT2D eigenvalue weighted by molar-refractivity contribution is 5.93. The number of benzene rings is 3. The van der Waals surface area contributed by atoms with Gasteiger partial charge in [-0.25, -0.2) is 4.79 Å². The van der Waals surface area contributed by atoms with E-state index in [1.54, 1.807) is 0 Å². The third-order valence-corrected chi connectivity index (χ3v) is 5.09. The van der Waals surface area contributed by atoms with Crippen molar-refractivity contribution in [1.82, 2.24) is 0 Å². The number of carbonyl (C=O) groups excluding carboxylic acids is 1. The van der Waals surface area contributed by atoms with Crippen LogP contribution in [0.15, 0.2) is 36.4 Å². The first kappa shape index (κ1) is 21.7. The van der Waals surface area contributed by atoms with Crippen molar-refractivity contribution in [3.05, 3.63) is 53.1 Å². The molecule has 1 heterocycles.